The van der Waals surface area contributed by atoms with Crippen molar-refractivity contribution in [2.24, 2.45) is 0 Å². The van der Waals surface area contributed by atoms with Gasteiger partial charge < -0.3 is 5.32 Å². The van der Waals surface area contributed by atoms with Crippen molar-refractivity contribution in [3.63, 3.8) is 0 Å². The first-order valence-corrected chi connectivity index (χ1v) is 7.32. The Morgan fingerprint density at radius 3 is 2.59 bits per heavy atom. The highest BCUT2D eigenvalue weighted by Gasteiger charge is 2.06. The van der Waals surface area contributed by atoms with E-state index < -0.39 is 0 Å². The summed E-state index contributed by atoms with van der Waals surface area (Å²) in [4.78, 5) is 9.12. The molecule has 1 N–H and O–H groups in total. The maximum atomic E-state index is 4.58. The molecule has 0 radical (unpaired) electrons. The van der Waals surface area contributed by atoms with Crippen LogP contribution in [-0.2, 0) is 6.42 Å². The van der Waals surface area contributed by atoms with Crippen LogP contribution in [0.15, 0.2) is 11.1 Å². The van der Waals surface area contributed by atoms with Crippen molar-refractivity contribution in [2.45, 2.75) is 57.2 Å². The summed E-state index contributed by atoms with van der Waals surface area (Å²) in [6.45, 7) is 9.65. The van der Waals surface area contributed by atoms with Crippen molar-refractivity contribution in [1.82, 2.24) is 9.97 Å². The van der Waals surface area contributed by atoms with E-state index >= 15 is 0 Å². The average molecular weight is 253 g/mol. The summed E-state index contributed by atoms with van der Waals surface area (Å²) in [5.74, 6) is 1.92. The minimum atomic E-state index is 0.554. The van der Waals surface area contributed by atoms with Gasteiger partial charge >= 0.3 is 0 Å². The average Bonchev–Trinajstić information content (AvgIpc) is 2.25. The maximum absolute atomic E-state index is 4.58. The van der Waals surface area contributed by atoms with Gasteiger partial charge in [-0.3, -0.25) is 0 Å². The second-order valence-corrected chi connectivity index (χ2v) is 5.95. The summed E-state index contributed by atoms with van der Waals surface area (Å²) in [5, 5.41) is 4.98. The molecule has 1 aromatic heterocycles. The Balaban J connectivity index is 2.84. The summed E-state index contributed by atoms with van der Waals surface area (Å²) in [7, 11) is 0. The van der Waals surface area contributed by atoms with E-state index in [9.17, 15) is 0 Å². The molecule has 0 aliphatic heterocycles. The Morgan fingerprint density at radius 2 is 2.00 bits per heavy atom. The predicted molar refractivity (Wildman–Crippen MR) is 75.8 cm³/mol. The van der Waals surface area contributed by atoms with Crippen LogP contribution in [0.4, 0.5) is 5.82 Å². The first-order valence-electron chi connectivity index (χ1n) is 6.44. The van der Waals surface area contributed by atoms with Gasteiger partial charge in [-0.15, -0.1) is 11.8 Å². The molecule has 0 saturated carbocycles. The van der Waals surface area contributed by atoms with Crippen LogP contribution in [0, 0.1) is 0 Å². The van der Waals surface area contributed by atoms with Gasteiger partial charge in [0.25, 0.3) is 0 Å². The highest BCUT2D eigenvalue weighted by molar-refractivity contribution is 7.99. The van der Waals surface area contributed by atoms with Crippen LogP contribution in [0.1, 0.15) is 46.4 Å². The third-order valence-electron chi connectivity index (χ3n) is 2.14. The molecule has 3 nitrogen and oxygen atoms in total. The van der Waals surface area contributed by atoms with Crippen LogP contribution < -0.4 is 5.32 Å². The molecule has 1 heterocycles. The fourth-order valence-corrected chi connectivity index (χ4v) is 2.27. The molecule has 0 atom stereocenters. The summed E-state index contributed by atoms with van der Waals surface area (Å²) in [5.41, 5.74) is 0. The molecule has 17 heavy (non-hydrogen) atoms. The summed E-state index contributed by atoms with van der Waals surface area (Å²) in [6, 6.07) is 2.06. The molecule has 1 rings (SSSR count). The van der Waals surface area contributed by atoms with Gasteiger partial charge in [-0.2, -0.15) is 0 Å². The van der Waals surface area contributed by atoms with Crippen molar-refractivity contribution in [2.75, 3.05) is 11.9 Å². The Bertz CT molecular complexity index is 339. The quantitative estimate of drug-likeness (QED) is 0.593. The zero-order valence-corrected chi connectivity index (χ0v) is 12.1. The highest BCUT2D eigenvalue weighted by atomic mass is 32.2. The molecule has 1 aromatic rings. The first kappa shape index (κ1) is 14.3. The Hall–Kier alpha value is -0.770. The van der Waals surface area contributed by atoms with E-state index in [4.69, 9.17) is 0 Å². The second-order valence-electron chi connectivity index (χ2n) is 4.35. The minimum absolute atomic E-state index is 0.554. The molecule has 0 spiro atoms. The van der Waals surface area contributed by atoms with E-state index in [2.05, 4.69) is 49.0 Å². The summed E-state index contributed by atoms with van der Waals surface area (Å²) in [6.07, 6.45) is 3.15. The maximum Gasteiger partial charge on any atom is 0.132 e. The number of nitrogens with zero attached hydrogens (tertiary/aromatic N) is 2. The van der Waals surface area contributed by atoms with Crippen molar-refractivity contribution in [3.05, 3.63) is 11.9 Å². The molecular formula is C13H23N3S. The van der Waals surface area contributed by atoms with Gasteiger partial charge in [0, 0.05) is 24.3 Å². The van der Waals surface area contributed by atoms with E-state index in [1.807, 2.05) is 0 Å². The normalized spacial score (nSPS) is 10.9. The molecule has 4 heteroatoms. The molecule has 0 unspecified atom stereocenters. The fourth-order valence-electron chi connectivity index (χ4n) is 1.45. The van der Waals surface area contributed by atoms with Crippen LogP contribution >= 0.6 is 11.8 Å². The molecule has 0 aliphatic carbocycles. The van der Waals surface area contributed by atoms with Gasteiger partial charge in [0.1, 0.15) is 16.7 Å². The van der Waals surface area contributed by atoms with E-state index in [-0.39, 0.29) is 0 Å². The minimum Gasteiger partial charge on any atom is -0.370 e. The van der Waals surface area contributed by atoms with Crippen LogP contribution in [0.2, 0.25) is 0 Å². The number of hydrogen-bond donors (Lipinski definition) is 1. The Labute approximate surface area is 109 Å². The zero-order chi connectivity index (χ0) is 12.7. The lowest BCUT2D eigenvalue weighted by atomic mass is 10.3. The van der Waals surface area contributed by atoms with Crippen molar-refractivity contribution in [3.8, 4) is 0 Å². The molecule has 0 bridgehead atoms. The Morgan fingerprint density at radius 1 is 1.24 bits per heavy atom. The monoisotopic (exact) mass is 253 g/mol. The number of hydrogen-bond acceptors (Lipinski definition) is 4. The Kier molecular flexibility index (Phi) is 6.34. The van der Waals surface area contributed by atoms with Gasteiger partial charge in [-0.25, -0.2) is 9.97 Å². The van der Waals surface area contributed by atoms with Gasteiger partial charge in [0.15, 0.2) is 0 Å². The predicted octanol–water partition coefficient (Wildman–Crippen LogP) is 3.75. The highest BCUT2D eigenvalue weighted by Crippen LogP contribution is 2.23. The van der Waals surface area contributed by atoms with E-state index in [0.717, 1.165) is 42.5 Å². The molecular weight excluding hydrogens is 230 g/mol. The molecule has 0 aliphatic rings. The van der Waals surface area contributed by atoms with Gasteiger partial charge in [-0.1, -0.05) is 27.7 Å². The lowest BCUT2D eigenvalue weighted by molar-refractivity contribution is 0.807. The van der Waals surface area contributed by atoms with Crippen LogP contribution in [0.25, 0.3) is 0 Å². The second kappa shape index (κ2) is 7.54. The molecule has 0 fully saturated rings. The van der Waals surface area contributed by atoms with E-state index in [0.29, 0.717) is 5.25 Å². The van der Waals surface area contributed by atoms with E-state index in [1.54, 1.807) is 11.8 Å². The lowest BCUT2D eigenvalue weighted by Crippen LogP contribution is -2.06. The third-order valence-corrected chi connectivity index (χ3v) is 3.06. The smallest absolute Gasteiger partial charge is 0.132 e. The van der Waals surface area contributed by atoms with Crippen LogP contribution in [0.3, 0.4) is 0 Å². The molecule has 0 saturated heterocycles. The topological polar surface area (TPSA) is 37.8 Å². The molecule has 0 aromatic carbocycles. The summed E-state index contributed by atoms with van der Waals surface area (Å²) >= 11 is 1.79. The van der Waals surface area contributed by atoms with Crippen molar-refractivity contribution >= 4 is 17.6 Å². The number of aromatic nitrogens is 2. The third kappa shape index (κ3) is 5.39. The zero-order valence-electron chi connectivity index (χ0n) is 11.3. The number of rotatable bonds is 7. The molecule has 96 valence electrons. The van der Waals surface area contributed by atoms with Crippen molar-refractivity contribution < 1.29 is 0 Å². The number of aryl methyl sites for hydroxylation is 1. The summed E-state index contributed by atoms with van der Waals surface area (Å²) < 4.78 is 0. The fraction of sp³-hybridized carbons (Fsp3) is 0.692. The largest absolute Gasteiger partial charge is 0.370 e. The van der Waals surface area contributed by atoms with E-state index in [1.165, 1.54) is 0 Å². The van der Waals surface area contributed by atoms with Gasteiger partial charge in [0.05, 0.1) is 0 Å². The molecule has 0 amide bonds. The number of anilines is 1. The lowest BCUT2D eigenvalue weighted by Gasteiger charge is -2.10. The van der Waals surface area contributed by atoms with Gasteiger partial charge in [0.2, 0.25) is 0 Å². The first-order chi connectivity index (χ1) is 8.15. The number of nitrogens with one attached hydrogen (secondary N) is 1. The van der Waals surface area contributed by atoms with Crippen molar-refractivity contribution in [1.29, 1.82) is 0 Å². The SMILES string of the molecule is CCCNc1cc(SC(C)C)nc(CCC)n1. The van der Waals surface area contributed by atoms with Crippen LogP contribution in [-0.4, -0.2) is 21.8 Å². The number of thioether (sulfide) groups is 1. The van der Waals surface area contributed by atoms with Gasteiger partial charge in [-0.05, 0) is 12.8 Å². The van der Waals surface area contributed by atoms with Crippen LogP contribution in [0.5, 0.6) is 0 Å². The standard InChI is InChI=1S/C13H23N3S/c1-5-7-11-15-12(14-8-6-2)9-13(16-11)17-10(3)4/h9-10H,5-8H2,1-4H3,(H,14,15,16).